The number of methoxy groups -OCH3 is 1. The third kappa shape index (κ3) is 4.85. The maximum Gasteiger partial charge on any atom is 0.490 e. The molecule has 3 nitrogen and oxygen atoms in total. The van der Waals surface area contributed by atoms with Crippen LogP contribution in [0, 0.1) is 0 Å². The third-order valence-electron chi connectivity index (χ3n) is 6.23. The molecule has 5 heteroatoms. The molecule has 1 aliphatic rings. The average Bonchev–Trinajstić information content (AvgIpc) is 2.90. The van der Waals surface area contributed by atoms with E-state index in [2.05, 4.69) is 89.3 Å². The Kier molecular flexibility index (Phi) is 6.14. The summed E-state index contributed by atoms with van der Waals surface area (Å²) in [6.45, 7) is 13.3. The summed E-state index contributed by atoms with van der Waals surface area (Å²) in [5.41, 5.74) is 1.63. The highest BCUT2D eigenvalue weighted by Crippen LogP contribution is 2.40. The second-order valence-corrected chi connectivity index (χ2v) is 14.2. The molecule has 0 aromatic heterocycles. The van der Waals surface area contributed by atoms with Gasteiger partial charge in [-0.25, -0.2) is 0 Å². The lowest BCUT2D eigenvalue weighted by Crippen LogP contribution is -2.43. The van der Waals surface area contributed by atoms with E-state index in [-0.39, 0.29) is 18.3 Å². The summed E-state index contributed by atoms with van der Waals surface area (Å²) >= 11 is 0. The van der Waals surface area contributed by atoms with Crippen molar-refractivity contribution in [2.24, 2.45) is 0 Å². The van der Waals surface area contributed by atoms with Gasteiger partial charge in [-0.1, -0.05) is 66.8 Å². The van der Waals surface area contributed by atoms with E-state index in [1.54, 1.807) is 7.11 Å². The molecule has 2 aromatic rings. The van der Waals surface area contributed by atoms with Crippen LogP contribution >= 0.6 is 0 Å². The standard InChI is InChI=1S/C24H33BO3Si/c1-23(2)24(3,4)28-25(27-23)20(17-19-13-15-21(26-5)16-14-19)18-29(6,7)22-11-9-8-10-12-22/h8-17H,18H2,1-7H3/b20-17-. The Labute approximate surface area is 177 Å². The van der Waals surface area contributed by atoms with Crippen molar-refractivity contribution in [1.29, 1.82) is 0 Å². The van der Waals surface area contributed by atoms with Gasteiger partial charge in [0.15, 0.2) is 0 Å². The van der Waals surface area contributed by atoms with Crippen molar-refractivity contribution < 1.29 is 14.0 Å². The zero-order chi connectivity index (χ0) is 21.3. The molecular formula is C24H33BO3Si. The molecule has 154 valence electrons. The fraction of sp³-hybridized carbons (Fsp3) is 0.417. The van der Waals surface area contributed by atoms with Gasteiger partial charge in [-0.05, 0) is 56.9 Å². The van der Waals surface area contributed by atoms with Gasteiger partial charge >= 0.3 is 7.12 Å². The topological polar surface area (TPSA) is 27.7 Å². The van der Waals surface area contributed by atoms with Crippen molar-refractivity contribution in [3.8, 4) is 5.75 Å². The van der Waals surface area contributed by atoms with Crippen LogP contribution < -0.4 is 9.92 Å². The molecule has 29 heavy (non-hydrogen) atoms. The van der Waals surface area contributed by atoms with Crippen LogP contribution in [0.4, 0.5) is 0 Å². The molecule has 0 unspecified atom stereocenters. The molecule has 2 aromatic carbocycles. The van der Waals surface area contributed by atoms with Gasteiger partial charge in [-0.3, -0.25) is 0 Å². The Hall–Kier alpha value is -1.82. The van der Waals surface area contributed by atoms with Crippen LogP contribution in [0.15, 0.2) is 60.1 Å². The first-order chi connectivity index (χ1) is 13.5. The van der Waals surface area contributed by atoms with Crippen molar-refractivity contribution in [2.75, 3.05) is 7.11 Å². The number of benzene rings is 2. The number of hydrogen-bond donors (Lipinski definition) is 0. The van der Waals surface area contributed by atoms with E-state index in [4.69, 9.17) is 14.0 Å². The van der Waals surface area contributed by atoms with Crippen molar-refractivity contribution in [2.45, 2.75) is 58.0 Å². The number of allylic oxidation sites excluding steroid dienone is 1. The largest absolute Gasteiger partial charge is 0.497 e. The van der Waals surface area contributed by atoms with Crippen LogP contribution in [0.1, 0.15) is 33.3 Å². The molecular weight excluding hydrogens is 375 g/mol. The van der Waals surface area contributed by atoms with Crippen LogP contribution in [0.25, 0.3) is 6.08 Å². The Morgan fingerprint density at radius 1 is 0.931 bits per heavy atom. The molecule has 0 saturated carbocycles. The quantitative estimate of drug-likeness (QED) is 0.605. The molecule has 0 amide bonds. The highest BCUT2D eigenvalue weighted by atomic mass is 28.3. The van der Waals surface area contributed by atoms with Gasteiger partial charge in [0, 0.05) is 0 Å². The smallest absolute Gasteiger partial charge is 0.490 e. The first-order valence-electron chi connectivity index (χ1n) is 10.3. The molecule has 0 spiro atoms. The van der Waals surface area contributed by atoms with Gasteiger partial charge in [-0.2, -0.15) is 0 Å². The highest BCUT2D eigenvalue weighted by Gasteiger charge is 2.52. The van der Waals surface area contributed by atoms with Gasteiger partial charge in [0.1, 0.15) is 5.75 Å². The van der Waals surface area contributed by atoms with Crippen molar-refractivity contribution in [1.82, 2.24) is 0 Å². The van der Waals surface area contributed by atoms with E-state index in [0.29, 0.717) is 0 Å². The van der Waals surface area contributed by atoms with Gasteiger partial charge in [-0.15, -0.1) is 0 Å². The van der Waals surface area contributed by atoms with Gasteiger partial charge in [0.25, 0.3) is 0 Å². The predicted molar refractivity (Wildman–Crippen MR) is 125 cm³/mol. The zero-order valence-corrected chi connectivity index (χ0v) is 19.8. The second-order valence-electron chi connectivity index (χ2n) is 9.51. The summed E-state index contributed by atoms with van der Waals surface area (Å²) in [4.78, 5) is 0. The molecule has 1 saturated heterocycles. The van der Waals surface area contributed by atoms with Crippen molar-refractivity contribution in [3.63, 3.8) is 0 Å². The summed E-state index contributed by atoms with van der Waals surface area (Å²) in [6, 6.07) is 20.0. The van der Waals surface area contributed by atoms with Gasteiger partial charge in [0.05, 0.1) is 26.4 Å². The highest BCUT2D eigenvalue weighted by molar-refractivity contribution is 6.91. The molecule has 0 radical (unpaired) electrons. The predicted octanol–water partition coefficient (Wildman–Crippen LogP) is 5.33. The first-order valence-corrected chi connectivity index (χ1v) is 13.5. The fourth-order valence-corrected chi connectivity index (χ4v) is 6.20. The summed E-state index contributed by atoms with van der Waals surface area (Å²) < 4.78 is 18.2. The van der Waals surface area contributed by atoms with Crippen LogP contribution in [0.2, 0.25) is 19.1 Å². The van der Waals surface area contributed by atoms with Gasteiger partial charge in [0.2, 0.25) is 0 Å². The van der Waals surface area contributed by atoms with E-state index < -0.39 is 8.07 Å². The number of rotatable bonds is 6. The summed E-state index contributed by atoms with van der Waals surface area (Å²) in [5.74, 6) is 0.860. The van der Waals surface area contributed by atoms with Crippen LogP contribution in [-0.2, 0) is 9.31 Å². The average molecular weight is 408 g/mol. The Bertz CT molecular complexity index is 841. The van der Waals surface area contributed by atoms with Crippen LogP contribution in [0.3, 0.4) is 0 Å². The van der Waals surface area contributed by atoms with E-state index in [1.807, 2.05) is 12.1 Å². The SMILES string of the molecule is COc1ccc(/C=C(/C[Si](C)(C)c2ccccc2)B2OC(C)(C)C(C)(C)O2)cc1. The molecule has 0 N–H and O–H groups in total. The molecule has 0 atom stereocenters. The second kappa shape index (κ2) is 8.13. The van der Waals surface area contributed by atoms with Crippen molar-refractivity contribution in [3.05, 3.63) is 65.6 Å². The summed E-state index contributed by atoms with van der Waals surface area (Å²) in [6.07, 6.45) is 2.24. The van der Waals surface area contributed by atoms with E-state index >= 15 is 0 Å². The lowest BCUT2D eigenvalue weighted by atomic mass is 9.78. The minimum Gasteiger partial charge on any atom is -0.497 e. The Balaban J connectivity index is 1.96. The molecule has 1 aliphatic heterocycles. The van der Waals surface area contributed by atoms with Crippen LogP contribution in [0.5, 0.6) is 5.75 Å². The van der Waals surface area contributed by atoms with E-state index in [9.17, 15) is 0 Å². The Morgan fingerprint density at radius 3 is 2.00 bits per heavy atom. The molecule has 0 aliphatic carbocycles. The van der Waals surface area contributed by atoms with Crippen LogP contribution in [-0.4, -0.2) is 33.5 Å². The number of ether oxygens (including phenoxy) is 1. The minimum absolute atomic E-state index is 0.336. The van der Waals surface area contributed by atoms with Crippen molar-refractivity contribution >= 4 is 26.5 Å². The lowest BCUT2D eigenvalue weighted by molar-refractivity contribution is 0.00578. The monoisotopic (exact) mass is 408 g/mol. The molecule has 3 rings (SSSR count). The first kappa shape index (κ1) is 21.9. The summed E-state index contributed by atoms with van der Waals surface area (Å²) in [5, 5.41) is 1.44. The van der Waals surface area contributed by atoms with E-state index in [1.165, 1.54) is 10.7 Å². The third-order valence-corrected chi connectivity index (χ3v) is 9.41. The minimum atomic E-state index is -1.73. The molecule has 1 fully saturated rings. The maximum atomic E-state index is 6.43. The molecule has 0 bridgehead atoms. The zero-order valence-electron chi connectivity index (χ0n) is 18.8. The Morgan fingerprint density at radius 2 is 1.48 bits per heavy atom. The van der Waals surface area contributed by atoms with Gasteiger partial charge < -0.3 is 14.0 Å². The maximum absolute atomic E-state index is 6.43. The molecule has 1 heterocycles. The number of hydrogen-bond acceptors (Lipinski definition) is 3. The fourth-order valence-electron chi connectivity index (χ4n) is 3.61. The van der Waals surface area contributed by atoms with E-state index in [0.717, 1.165) is 17.4 Å². The normalized spacial score (nSPS) is 18.7. The summed E-state index contributed by atoms with van der Waals surface area (Å²) in [7, 11) is -0.374. The lowest BCUT2D eigenvalue weighted by Gasteiger charge is -2.32.